The highest BCUT2D eigenvalue weighted by Gasteiger charge is 2.38. The Balaban J connectivity index is 1.90. The molecule has 3 rings (SSSR count). The molecule has 1 saturated heterocycles. The van der Waals surface area contributed by atoms with Crippen LogP contribution in [0.4, 0.5) is 0 Å². The molecule has 23 heavy (non-hydrogen) atoms. The molecule has 0 bridgehead atoms. The van der Waals surface area contributed by atoms with Crippen LogP contribution in [0, 0.1) is 0 Å². The van der Waals surface area contributed by atoms with Gasteiger partial charge in [0.1, 0.15) is 0 Å². The van der Waals surface area contributed by atoms with Crippen LogP contribution >= 0.6 is 0 Å². The zero-order valence-electron chi connectivity index (χ0n) is 13.8. The summed E-state index contributed by atoms with van der Waals surface area (Å²) < 4.78 is 0. The maximum absolute atomic E-state index is 9.54. The van der Waals surface area contributed by atoms with Gasteiger partial charge in [0.05, 0.1) is 6.61 Å². The lowest BCUT2D eigenvalue weighted by Crippen LogP contribution is -2.55. The highest BCUT2D eigenvalue weighted by Crippen LogP contribution is 2.34. The predicted molar refractivity (Wildman–Crippen MR) is 95.5 cm³/mol. The largest absolute Gasteiger partial charge is 0.395 e. The van der Waals surface area contributed by atoms with Gasteiger partial charge in [-0.15, -0.1) is 0 Å². The standard InChI is InChI=1S/C21H27NO/c23-16-15-22-14-8-7-13-21(22,17-19-9-3-1-4-10-19)18-20-11-5-2-6-12-20/h1-6,9-12,23H,7-8,13-18H2. The van der Waals surface area contributed by atoms with Gasteiger partial charge in [-0.2, -0.15) is 0 Å². The summed E-state index contributed by atoms with van der Waals surface area (Å²) >= 11 is 0. The molecule has 2 aromatic carbocycles. The summed E-state index contributed by atoms with van der Waals surface area (Å²) in [6, 6.07) is 21.6. The number of aliphatic hydroxyl groups excluding tert-OH is 1. The molecule has 1 fully saturated rings. The minimum absolute atomic E-state index is 0.129. The lowest BCUT2D eigenvalue weighted by molar-refractivity contribution is 0.0311. The number of piperidine rings is 1. The van der Waals surface area contributed by atoms with Gasteiger partial charge in [0.2, 0.25) is 0 Å². The van der Waals surface area contributed by atoms with Crippen molar-refractivity contribution in [1.29, 1.82) is 0 Å². The first-order valence-corrected chi connectivity index (χ1v) is 8.76. The Morgan fingerprint density at radius 3 is 1.91 bits per heavy atom. The maximum Gasteiger partial charge on any atom is 0.0558 e. The highest BCUT2D eigenvalue weighted by atomic mass is 16.3. The van der Waals surface area contributed by atoms with Gasteiger partial charge < -0.3 is 5.11 Å². The van der Waals surface area contributed by atoms with E-state index >= 15 is 0 Å². The number of aliphatic hydroxyl groups is 1. The Hall–Kier alpha value is -1.64. The molecule has 2 aromatic rings. The number of hydrogen-bond donors (Lipinski definition) is 1. The molecular weight excluding hydrogens is 282 g/mol. The van der Waals surface area contributed by atoms with Gasteiger partial charge in [0.15, 0.2) is 0 Å². The fraction of sp³-hybridized carbons (Fsp3) is 0.429. The van der Waals surface area contributed by atoms with Crippen LogP contribution in [0.15, 0.2) is 60.7 Å². The fourth-order valence-corrected chi connectivity index (χ4v) is 4.04. The van der Waals surface area contributed by atoms with Crippen LogP contribution in [-0.4, -0.2) is 35.2 Å². The number of rotatable bonds is 6. The molecular formula is C21H27NO. The van der Waals surface area contributed by atoms with Crippen LogP contribution in [-0.2, 0) is 12.8 Å². The van der Waals surface area contributed by atoms with Crippen molar-refractivity contribution < 1.29 is 5.11 Å². The summed E-state index contributed by atoms with van der Waals surface area (Å²) in [7, 11) is 0. The van der Waals surface area contributed by atoms with E-state index in [9.17, 15) is 5.11 Å². The van der Waals surface area contributed by atoms with Crippen molar-refractivity contribution in [1.82, 2.24) is 4.90 Å². The minimum atomic E-state index is 0.129. The van der Waals surface area contributed by atoms with E-state index in [2.05, 4.69) is 65.6 Å². The lowest BCUT2D eigenvalue weighted by Gasteiger charge is -2.48. The van der Waals surface area contributed by atoms with Gasteiger partial charge in [-0.05, 0) is 43.4 Å². The molecule has 0 spiro atoms. The quantitative estimate of drug-likeness (QED) is 0.880. The van der Waals surface area contributed by atoms with Gasteiger partial charge in [0.25, 0.3) is 0 Å². The zero-order chi connectivity index (χ0) is 16.0. The molecule has 0 unspecified atom stereocenters. The molecule has 0 amide bonds. The molecule has 0 radical (unpaired) electrons. The first-order valence-electron chi connectivity index (χ1n) is 8.76. The third kappa shape index (κ3) is 4.01. The molecule has 2 nitrogen and oxygen atoms in total. The smallest absolute Gasteiger partial charge is 0.0558 e. The van der Waals surface area contributed by atoms with Crippen LogP contribution in [0.5, 0.6) is 0 Å². The Bertz CT molecular complexity index is 538. The molecule has 0 aromatic heterocycles. The second-order valence-electron chi connectivity index (χ2n) is 6.72. The van der Waals surface area contributed by atoms with Crippen molar-refractivity contribution in [2.75, 3.05) is 19.7 Å². The normalized spacial score (nSPS) is 18.0. The van der Waals surface area contributed by atoms with E-state index < -0.39 is 0 Å². The summed E-state index contributed by atoms with van der Waals surface area (Å²) in [5, 5.41) is 9.54. The third-order valence-corrected chi connectivity index (χ3v) is 5.11. The Morgan fingerprint density at radius 2 is 1.39 bits per heavy atom. The van der Waals surface area contributed by atoms with E-state index in [4.69, 9.17) is 0 Å². The van der Waals surface area contributed by atoms with Gasteiger partial charge in [-0.1, -0.05) is 67.1 Å². The SMILES string of the molecule is OCCN1CCCCC1(Cc1ccccc1)Cc1ccccc1. The molecule has 0 atom stereocenters. The third-order valence-electron chi connectivity index (χ3n) is 5.11. The molecule has 1 heterocycles. The zero-order valence-corrected chi connectivity index (χ0v) is 13.8. The highest BCUT2D eigenvalue weighted by molar-refractivity contribution is 5.23. The number of β-amino-alcohol motifs (C(OH)–C–C–N with tert-alkyl or cyclic N) is 1. The molecule has 1 N–H and O–H groups in total. The van der Waals surface area contributed by atoms with Crippen molar-refractivity contribution in [3.8, 4) is 0 Å². The Labute approximate surface area is 139 Å². The second kappa shape index (κ2) is 7.76. The maximum atomic E-state index is 9.54. The van der Waals surface area contributed by atoms with Crippen molar-refractivity contribution in [3.63, 3.8) is 0 Å². The van der Waals surface area contributed by atoms with Crippen molar-refractivity contribution in [2.24, 2.45) is 0 Å². The van der Waals surface area contributed by atoms with Crippen LogP contribution in [0.25, 0.3) is 0 Å². The van der Waals surface area contributed by atoms with Crippen LogP contribution in [0.1, 0.15) is 30.4 Å². The van der Waals surface area contributed by atoms with Gasteiger partial charge in [0, 0.05) is 12.1 Å². The molecule has 2 heteroatoms. The van der Waals surface area contributed by atoms with Gasteiger partial charge in [-0.3, -0.25) is 4.90 Å². The number of benzene rings is 2. The fourth-order valence-electron chi connectivity index (χ4n) is 4.04. The summed E-state index contributed by atoms with van der Waals surface area (Å²) in [4.78, 5) is 2.54. The monoisotopic (exact) mass is 309 g/mol. The molecule has 1 aliphatic rings. The van der Waals surface area contributed by atoms with E-state index in [1.807, 2.05) is 0 Å². The van der Waals surface area contributed by atoms with E-state index in [-0.39, 0.29) is 12.1 Å². The summed E-state index contributed by atoms with van der Waals surface area (Å²) in [6.07, 6.45) is 5.84. The first kappa shape index (κ1) is 16.2. The van der Waals surface area contributed by atoms with E-state index in [1.165, 1.54) is 30.4 Å². The topological polar surface area (TPSA) is 23.5 Å². The second-order valence-corrected chi connectivity index (χ2v) is 6.72. The van der Waals surface area contributed by atoms with E-state index in [1.54, 1.807) is 0 Å². The van der Waals surface area contributed by atoms with Crippen molar-refractivity contribution in [3.05, 3.63) is 71.8 Å². The van der Waals surface area contributed by atoms with Crippen LogP contribution in [0.2, 0.25) is 0 Å². The Morgan fingerprint density at radius 1 is 0.826 bits per heavy atom. The van der Waals surface area contributed by atoms with Gasteiger partial charge >= 0.3 is 0 Å². The van der Waals surface area contributed by atoms with E-state index in [0.29, 0.717) is 0 Å². The molecule has 1 aliphatic heterocycles. The molecule has 0 saturated carbocycles. The Kier molecular flexibility index (Phi) is 5.47. The lowest BCUT2D eigenvalue weighted by atomic mass is 9.77. The van der Waals surface area contributed by atoms with Crippen molar-refractivity contribution in [2.45, 2.75) is 37.6 Å². The average Bonchev–Trinajstić information content (AvgIpc) is 2.59. The molecule has 0 aliphatic carbocycles. The number of hydrogen-bond acceptors (Lipinski definition) is 2. The molecule has 122 valence electrons. The van der Waals surface area contributed by atoms with Gasteiger partial charge in [-0.25, -0.2) is 0 Å². The summed E-state index contributed by atoms with van der Waals surface area (Å²) in [5.41, 5.74) is 2.92. The van der Waals surface area contributed by atoms with Crippen LogP contribution < -0.4 is 0 Å². The summed E-state index contributed by atoms with van der Waals surface area (Å²) in [6.45, 7) is 2.12. The predicted octanol–water partition coefficient (Wildman–Crippen LogP) is 3.69. The number of nitrogens with zero attached hydrogens (tertiary/aromatic N) is 1. The minimum Gasteiger partial charge on any atom is -0.395 e. The average molecular weight is 309 g/mol. The van der Waals surface area contributed by atoms with Crippen molar-refractivity contribution >= 4 is 0 Å². The summed E-state index contributed by atoms with van der Waals surface area (Å²) in [5.74, 6) is 0. The van der Waals surface area contributed by atoms with E-state index in [0.717, 1.165) is 25.9 Å². The van der Waals surface area contributed by atoms with Crippen LogP contribution in [0.3, 0.4) is 0 Å². The number of likely N-dealkylation sites (tertiary alicyclic amines) is 1. The first-order chi connectivity index (χ1) is 11.3.